The van der Waals surface area contributed by atoms with Crippen molar-refractivity contribution in [2.24, 2.45) is 0 Å². The number of aliphatic hydroxyl groups is 5. The predicted molar refractivity (Wildman–Crippen MR) is 79.9 cm³/mol. The number of β-amino-alcohol motifs (C(OH)–C–C–N with tert-alkyl or cyclic N) is 2. The summed E-state index contributed by atoms with van der Waals surface area (Å²) in [5, 5.41) is 47.4. The van der Waals surface area contributed by atoms with Crippen molar-refractivity contribution in [1.29, 1.82) is 0 Å². The third-order valence-electron chi connectivity index (χ3n) is 4.16. The molecule has 126 valence electrons. The largest absolute Gasteiger partial charge is 0.396 e. The van der Waals surface area contributed by atoms with Crippen LogP contribution in [0.1, 0.15) is 44.9 Å². The fraction of sp³-hybridized carbons (Fsp3) is 1.00. The maximum atomic E-state index is 9.76. The number of rotatable bonds is 9. The smallest absolute Gasteiger partial charge is 0.110 e. The van der Waals surface area contributed by atoms with Gasteiger partial charge in [0.2, 0.25) is 0 Å². The van der Waals surface area contributed by atoms with Gasteiger partial charge >= 0.3 is 0 Å². The maximum Gasteiger partial charge on any atom is 0.110 e. The molecule has 0 saturated carbocycles. The summed E-state index contributed by atoms with van der Waals surface area (Å²) in [5.74, 6) is 0. The standard InChI is InChI=1S/C15H31NO5/c17-9-7-5-3-1-2-4-6-8-16-10-12(18)14(20)15(21)13(19)11-16/h12-15,17-21H,1-11H2/t12-,13-,14-,15-/m1/s1. The molecule has 6 heteroatoms. The van der Waals surface area contributed by atoms with Crippen molar-refractivity contribution in [3.8, 4) is 0 Å². The Kier molecular flexibility index (Phi) is 9.39. The molecule has 0 aliphatic carbocycles. The average Bonchev–Trinajstić information content (AvgIpc) is 2.55. The van der Waals surface area contributed by atoms with E-state index in [1.54, 1.807) is 0 Å². The minimum atomic E-state index is -1.28. The molecule has 4 atom stereocenters. The molecule has 1 saturated heterocycles. The normalized spacial score (nSPS) is 31.3. The molecule has 6 nitrogen and oxygen atoms in total. The number of hydrogen-bond acceptors (Lipinski definition) is 6. The van der Waals surface area contributed by atoms with Crippen LogP contribution in [0.5, 0.6) is 0 Å². The Balaban J connectivity index is 2.14. The summed E-state index contributed by atoms with van der Waals surface area (Å²) in [4.78, 5) is 1.90. The number of nitrogens with zero attached hydrogens (tertiary/aromatic N) is 1. The van der Waals surface area contributed by atoms with Crippen molar-refractivity contribution in [1.82, 2.24) is 4.90 Å². The molecule has 0 spiro atoms. The molecule has 1 rings (SSSR count). The Morgan fingerprint density at radius 2 is 1.10 bits per heavy atom. The van der Waals surface area contributed by atoms with E-state index < -0.39 is 24.4 Å². The molecule has 21 heavy (non-hydrogen) atoms. The van der Waals surface area contributed by atoms with E-state index in [1.165, 1.54) is 6.42 Å². The van der Waals surface area contributed by atoms with E-state index in [4.69, 9.17) is 5.11 Å². The van der Waals surface area contributed by atoms with Gasteiger partial charge in [-0.2, -0.15) is 0 Å². The van der Waals surface area contributed by atoms with E-state index in [0.717, 1.165) is 45.1 Å². The third kappa shape index (κ3) is 7.04. The first-order chi connectivity index (χ1) is 10.1. The van der Waals surface area contributed by atoms with Crippen molar-refractivity contribution < 1.29 is 25.5 Å². The second-order valence-electron chi connectivity index (χ2n) is 6.07. The number of hydrogen-bond donors (Lipinski definition) is 5. The lowest BCUT2D eigenvalue weighted by molar-refractivity contribution is -0.0894. The summed E-state index contributed by atoms with van der Waals surface area (Å²) in [6.07, 6.45) is 2.90. The minimum absolute atomic E-state index is 0.275. The van der Waals surface area contributed by atoms with Crippen LogP contribution in [0.25, 0.3) is 0 Å². The SMILES string of the molecule is OCCCCCCCCCN1C[C@@H](O)[C@@H](O)[C@H](O)[C@H](O)C1. The lowest BCUT2D eigenvalue weighted by Gasteiger charge is -2.23. The van der Waals surface area contributed by atoms with Crippen molar-refractivity contribution >= 4 is 0 Å². The van der Waals surface area contributed by atoms with Crippen LogP contribution in [-0.2, 0) is 0 Å². The molecule has 1 fully saturated rings. The molecule has 5 N–H and O–H groups in total. The molecule has 1 heterocycles. The van der Waals surface area contributed by atoms with Crippen LogP contribution in [0, 0.1) is 0 Å². The summed E-state index contributed by atoms with van der Waals surface area (Å²) in [6.45, 7) is 1.60. The van der Waals surface area contributed by atoms with Gasteiger partial charge in [0.15, 0.2) is 0 Å². The van der Waals surface area contributed by atoms with E-state index in [-0.39, 0.29) is 19.7 Å². The van der Waals surface area contributed by atoms with Gasteiger partial charge in [-0.1, -0.05) is 32.1 Å². The zero-order valence-electron chi connectivity index (χ0n) is 12.8. The monoisotopic (exact) mass is 305 g/mol. The topological polar surface area (TPSA) is 104 Å². The molecule has 1 aliphatic rings. The summed E-state index contributed by atoms with van der Waals surface area (Å²) >= 11 is 0. The Bertz CT molecular complexity index is 250. The first-order valence-electron chi connectivity index (χ1n) is 8.11. The molecule has 0 unspecified atom stereocenters. The highest BCUT2D eigenvalue weighted by Crippen LogP contribution is 2.15. The van der Waals surface area contributed by atoms with E-state index in [0.29, 0.717) is 0 Å². The molecular formula is C15H31NO5. The fourth-order valence-electron chi connectivity index (χ4n) is 2.79. The van der Waals surface area contributed by atoms with E-state index in [9.17, 15) is 20.4 Å². The predicted octanol–water partition coefficient (Wildman–Crippen LogP) is -0.531. The Morgan fingerprint density at radius 3 is 1.57 bits per heavy atom. The number of likely N-dealkylation sites (tertiary alicyclic amines) is 1. The van der Waals surface area contributed by atoms with Crippen molar-refractivity contribution in [3.05, 3.63) is 0 Å². The van der Waals surface area contributed by atoms with Crippen LogP contribution in [0.15, 0.2) is 0 Å². The van der Waals surface area contributed by atoms with Gasteiger partial charge in [-0.3, -0.25) is 4.90 Å². The number of aliphatic hydroxyl groups excluding tert-OH is 5. The highest BCUT2D eigenvalue weighted by molar-refractivity contribution is 4.88. The van der Waals surface area contributed by atoms with Crippen molar-refractivity contribution in [2.45, 2.75) is 69.4 Å². The molecule has 0 radical (unpaired) electrons. The zero-order chi connectivity index (χ0) is 15.7. The Labute approximate surface area is 127 Å². The summed E-state index contributed by atoms with van der Waals surface area (Å²) in [7, 11) is 0. The van der Waals surface area contributed by atoms with Crippen LogP contribution in [-0.4, -0.2) is 81.1 Å². The summed E-state index contributed by atoms with van der Waals surface area (Å²) < 4.78 is 0. The summed E-state index contributed by atoms with van der Waals surface area (Å²) in [5.41, 5.74) is 0. The first-order valence-corrected chi connectivity index (χ1v) is 8.11. The van der Waals surface area contributed by atoms with Crippen LogP contribution < -0.4 is 0 Å². The third-order valence-corrected chi connectivity index (χ3v) is 4.16. The van der Waals surface area contributed by atoms with Crippen molar-refractivity contribution in [2.75, 3.05) is 26.2 Å². The Morgan fingerprint density at radius 1 is 0.667 bits per heavy atom. The average molecular weight is 305 g/mol. The van der Waals surface area contributed by atoms with Gasteiger partial charge in [0.05, 0.1) is 12.2 Å². The first kappa shape index (κ1) is 18.8. The van der Waals surface area contributed by atoms with Gasteiger partial charge in [-0.25, -0.2) is 0 Å². The van der Waals surface area contributed by atoms with Gasteiger partial charge in [-0.15, -0.1) is 0 Å². The molecular weight excluding hydrogens is 274 g/mol. The molecule has 0 aromatic rings. The van der Waals surface area contributed by atoms with E-state index in [1.807, 2.05) is 4.90 Å². The maximum absolute atomic E-state index is 9.76. The fourth-order valence-corrected chi connectivity index (χ4v) is 2.79. The molecule has 1 aliphatic heterocycles. The van der Waals surface area contributed by atoms with Crippen LogP contribution in [0.2, 0.25) is 0 Å². The van der Waals surface area contributed by atoms with Gasteiger partial charge < -0.3 is 25.5 Å². The summed E-state index contributed by atoms with van der Waals surface area (Å²) in [6, 6.07) is 0. The lowest BCUT2D eigenvalue weighted by atomic mass is 10.1. The quantitative estimate of drug-likeness (QED) is 0.367. The van der Waals surface area contributed by atoms with E-state index >= 15 is 0 Å². The second-order valence-corrected chi connectivity index (χ2v) is 6.07. The molecule has 0 aromatic carbocycles. The van der Waals surface area contributed by atoms with Gasteiger partial charge in [-0.05, 0) is 19.4 Å². The number of unbranched alkanes of at least 4 members (excludes halogenated alkanes) is 6. The molecule has 0 bridgehead atoms. The van der Waals surface area contributed by atoms with Crippen LogP contribution in [0.3, 0.4) is 0 Å². The molecule has 0 amide bonds. The lowest BCUT2D eigenvalue weighted by Crippen LogP contribution is -2.43. The zero-order valence-corrected chi connectivity index (χ0v) is 12.8. The van der Waals surface area contributed by atoms with E-state index in [2.05, 4.69) is 0 Å². The molecule has 0 aromatic heterocycles. The highest BCUT2D eigenvalue weighted by Gasteiger charge is 2.35. The minimum Gasteiger partial charge on any atom is -0.396 e. The second kappa shape index (κ2) is 10.5. The highest BCUT2D eigenvalue weighted by atomic mass is 16.4. The Hall–Kier alpha value is -0.240. The van der Waals surface area contributed by atoms with Crippen LogP contribution in [0.4, 0.5) is 0 Å². The van der Waals surface area contributed by atoms with Crippen LogP contribution >= 0.6 is 0 Å². The van der Waals surface area contributed by atoms with Crippen molar-refractivity contribution in [3.63, 3.8) is 0 Å². The van der Waals surface area contributed by atoms with Gasteiger partial charge in [0.25, 0.3) is 0 Å². The van der Waals surface area contributed by atoms with Gasteiger partial charge in [0, 0.05) is 19.7 Å². The van der Waals surface area contributed by atoms with Gasteiger partial charge in [0.1, 0.15) is 12.2 Å².